The highest BCUT2D eigenvalue weighted by molar-refractivity contribution is 7.07. The van der Waals surface area contributed by atoms with E-state index in [0.29, 0.717) is 51.0 Å². The first-order valence-corrected chi connectivity index (χ1v) is 15.8. The number of thiazole rings is 1. The number of hydrogen-bond acceptors (Lipinski definition) is 5. The highest BCUT2D eigenvalue weighted by Gasteiger charge is 2.35. The van der Waals surface area contributed by atoms with Crippen LogP contribution < -0.4 is 19.6 Å². The van der Waals surface area contributed by atoms with Crippen molar-refractivity contribution >= 4 is 45.8 Å². The van der Waals surface area contributed by atoms with Crippen LogP contribution >= 0.6 is 22.9 Å². The molecule has 1 atom stereocenters. The third-order valence-corrected chi connectivity index (χ3v) is 9.30. The Morgan fingerprint density at radius 1 is 1.07 bits per heavy atom. The molecule has 2 aromatic heterocycles. The van der Waals surface area contributed by atoms with Gasteiger partial charge in [-0.25, -0.2) is 4.99 Å². The lowest BCUT2D eigenvalue weighted by atomic mass is 9.94. The molecule has 0 bridgehead atoms. The van der Waals surface area contributed by atoms with E-state index in [0.717, 1.165) is 27.6 Å². The number of nitrogens with zero attached hydrogens (tertiary/aromatic N) is 4. The average molecular weight is 625 g/mol. The second kappa shape index (κ2) is 12.3. The summed E-state index contributed by atoms with van der Waals surface area (Å²) in [5.41, 5.74) is 4.69. The smallest absolute Gasteiger partial charge is 0.271 e. The van der Waals surface area contributed by atoms with Crippen molar-refractivity contribution in [2.45, 2.75) is 33.4 Å². The highest BCUT2D eigenvalue weighted by atomic mass is 35.5. The Balaban J connectivity index is 1.54. The van der Waals surface area contributed by atoms with Crippen molar-refractivity contribution in [3.8, 4) is 5.75 Å². The molecule has 0 spiro atoms. The third-order valence-electron chi connectivity index (χ3n) is 8.08. The van der Waals surface area contributed by atoms with Gasteiger partial charge < -0.3 is 14.2 Å². The van der Waals surface area contributed by atoms with Crippen LogP contribution in [0, 0.1) is 0 Å². The van der Waals surface area contributed by atoms with Crippen LogP contribution in [0.2, 0.25) is 5.02 Å². The van der Waals surface area contributed by atoms with Crippen LogP contribution in [-0.4, -0.2) is 40.1 Å². The van der Waals surface area contributed by atoms with Crippen LogP contribution in [-0.2, 0) is 11.3 Å². The molecule has 0 unspecified atom stereocenters. The van der Waals surface area contributed by atoms with Gasteiger partial charge in [0.25, 0.3) is 11.5 Å². The normalized spacial score (nSPS) is 14.9. The fraction of sp³-hybridized carbons (Fsp3) is 0.229. The Labute approximate surface area is 264 Å². The van der Waals surface area contributed by atoms with E-state index in [1.165, 1.54) is 11.3 Å². The number of likely N-dealkylation sites (N-methyl/N-ethyl adjacent to an activating group) is 1. The molecule has 3 aromatic carbocycles. The fourth-order valence-electron chi connectivity index (χ4n) is 5.96. The lowest BCUT2D eigenvalue weighted by Gasteiger charge is -2.29. The van der Waals surface area contributed by atoms with Crippen molar-refractivity contribution in [3.63, 3.8) is 0 Å². The molecular weight excluding hydrogens is 592 g/mol. The standard InChI is InChI=1S/C35H33ClN4O3S/c1-5-38(6-2)34(42)31-22(3)37-35-40(32(31)27-15-8-10-17-29(27)43-4)33(41)30(44-35)19-24-21-39(28-16-9-7-14-26(24)28)20-23-12-11-13-25(36)18-23/h7-19,21,32H,5-6,20H2,1-4H3/b30-19+/t32-/m0/s1. The quantitative estimate of drug-likeness (QED) is 0.220. The average Bonchev–Trinajstić information content (AvgIpc) is 3.53. The summed E-state index contributed by atoms with van der Waals surface area (Å²) in [5.74, 6) is 0.473. The fourth-order valence-corrected chi connectivity index (χ4v) is 7.21. The monoisotopic (exact) mass is 624 g/mol. The molecule has 0 saturated heterocycles. The minimum Gasteiger partial charge on any atom is -0.496 e. The number of carbonyl (C=O) groups is 1. The summed E-state index contributed by atoms with van der Waals surface area (Å²) in [4.78, 5) is 35.4. The topological polar surface area (TPSA) is 68.8 Å². The summed E-state index contributed by atoms with van der Waals surface area (Å²) in [6, 6.07) is 22.9. The van der Waals surface area contributed by atoms with E-state index >= 15 is 0 Å². The van der Waals surface area contributed by atoms with Gasteiger partial charge in [-0.1, -0.05) is 71.5 Å². The van der Waals surface area contributed by atoms with Crippen molar-refractivity contribution in [1.82, 2.24) is 14.0 Å². The Morgan fingerprint density at radius 3 is 2.57 bits per heavy atom. The SMILES string of the molecule is CCN(CC)C(=O)C1=C(C)N=c2s/c(=C/c3cn(Cc4cccc(Cl)c4)c4ccccc34)c(=O)n2[C@H]1c1ccccc1OC. The maximum Gasteiger partial charge on any atom is 0.271 e. The van der Waals surface area contributed by atoms with Crippen LogP contribution in [0.4, 0.5) is 0 Å². The number of allylic oxidation sites excluding steroid dienone is 1. The first kappa shape index (κ1) is 29.7. The molecule has 0 radical (unpaired) electrons. The number of para-hydroxylation sites is 2. The molecule has 6 rings (SSSR count). The Morgan fingerprint density at radius 2 is 1.82 bits per heavy atom. The maximum atomic E-state index is 14.3. The van der Waals surface area contributed by atoms with E-state index in [1.807, 2.05) is 81.4 Å². The van der Waals surface area contributed by atoms with E-state index in [9.17, 15) is 9.59 Å². The molecule has 0 fully saturated rings. The van der Waals surface area contributed by atoms with Gasteiger partial charge in [-0.3, -0.25) is 14.2 Å². The zero-order valence-electron chi connectivity index (χ0n) is 25.1. The minimum absolute atomic E-state index is 0.134. The molecule has 0 N–H and O–H groups in total. The van der Waals surface area contributed by atoms with Gasteiger partial charge in [-0.2, -0.15) is 0 Å². The first-order valence-electron chi connectivity index (χ1n) is 14.6. The number of halogens is 1. The predicted molar refractivity (Wildman–Crippen MR) is 177 cm³/mol. The first-order chi connectivity index (χ1) is 21.3. The summed E-state index contributed by atoms with van der Waals surface area (Å²) >= 11 is 7.59. The van der Waals surface area contributed by atoms with Crippen LogP contribution in [0.25, 0.3) is 17.0 Å². The molecule has 1 aliphatic heterocycles. The number of rotatable bonds is 8. The van der Waals surface area contributed by atoms with Crippen molar-refractivity contribution in [2.75, 3.05) is 20.2 Å². The second-order valence-corrected chi connectivity index (χ2v) is 12.1. The molecule has 7 nitrogen and oxygen atoms in total. The lowest BCUT2D eigenvalue weighted by Crippen LogP contribution is -2.43. The molecule has 1 amide bonds. The molecule has 44 heavy (non-hydrogen) atoms. The third kappa shape index (κ3) is 5.29. The van der Waals surface area contributed by atoms with Crippen molar-refractivity contribution in [3.05, 3.63) is 132 Å². The van der Waals surface area contributed by atoms with Crippen LogP contribution in [0.15, 0.2) is 100 Å². The summed E-state index contributed by atoms with van der Waals surface area (Å²) < 4.78 is 10.1. The number of carbonyl (C=O) groups excluding carboxylic acids is 1. The molecule has 1 aliphatic rings. The van der Waals surface area contributed by atoms with Gasteiger partial charge in [0.05, 0.1) is 22.9 Å². The van der Waals surface area contributed by atoms with E-state index in [-0.39, 0.29) is 11.5 Å². The second-order valence-electron chi connectivity index (χ2n) is 10.7. The van der Waals surface area contributed by atoms with Gasteiger partial charge in [0.15, 0.2) is 4.80 Å². The van der Waals surface area contributed by atoms with Crippen LogP contribution in [0.1, 0.15) is 43.5 Å². The number of fused-ring (bicyclic) bond motifs is 2. The van der Waals surface area contributed by atoms with Crippen LogP contribution in [0.3, 0.4) is 0 Å². The number of methoxy groups -OCH3 is 1. The number of amides is 1. The maximum absolute atomic E-state index is 14.3. The summed E-state index contributed by atoms with van der Waals surface area (Å²) in [5, 5.41) is 1.73. The molecule has 3 heterocycles. The van der Waals surface area contributed by atoms with Gasteiger partial charge in [0.2, 0.25) is 0 Å². The number of hydrogen-bond donors (Lipinski definition) is 0. The summed E-state index contributed by atoms with van der Waals surface area (Å²) in [6.45, 7) is 7.49. The molecule has 0 aliphatic carbocycles. The Bertz CT molecular complexity index is 2100. The van der Waals surface area contributed by atoms with E-state index in [1.54, 1.807) is 16.6 Å². The van der Waals surface area contributed by atoms with Gasteiger partial charge in [0, 0.05) is 52.9 Å². The zero-order chi connectivity index (χ0) is 31.0. The number of benzene rings is 3. The number of ether oxygens (including phenoxy) is 1. The lowest BCUT2D eigenvalue weighted by molar-refractivity contribution is -0.127. The predicted octanol–water partition coefficient (Wildman–Crippen LogP) is 5.77. The van der Waals surface area contributed by atoms with Gasteiger partial charge >= 0.3 is 0 Å². The Kier molecular flexibility index (Phi) is 8.29. The van der Waals surface area contributed by atoms with E-state index in [4.69, 9.17) is 21.3 Å². The van der Waals surface area contributed by atoms with Crippen molar-refractivity contribution < 1.29 is 9.53 Å². The summed E-state index contributed by atoms with van der Waals surface area (Å²) in [6.07, 6.45) is 4.01. The van der Waals surface area contributed by atoms with Gasteiger partial charge in [-0.15, -0.1) is 0 Å². The van der Waals surface area contributed by atoms with Crippen LogP contribution in [0.5, 0.6) is 5.75 Å². The molecule has 0 saturated carbocycles. The van der Waals surface area contributed by atoms with E-state index < -0.39 is 6.04 Å². The molecule has 9 heteroatoms. The minimum atomic E-state index is -0.679. The largest absolute Gasteiger partial charge is 0.496 e. The molecular formula is C35H33ClN4O3S. The van der Waals surface area contributed by atoms with Crippen molar-refractivity contribution in [1.29, 1.82) is 0 Å². The van der Waals surface area contributed by atoms with Gasteiger partial charge in [-0.05, 0) is 56.7 Å². The summed E-state index contributed by atoms with van der Waals surface area (Å²) in [7, 11) is 1.60. The van der Waals surface area contributed by atoms with Crippen molar-refractivity contribution in [2.24, 2.45) is 4.99 Å². The molecule has 5 aromatic rings. The zero-order valence-corrected chi connectivity index (χ0v) is 26.7. The van der Waals surface area contributed by atoms with Gasteiger partial charge in [0.1, 0.15) is 11.8 Å². The molecule has 224 valence electrons. The van der Waals surface area contributed by atoms with E-state index in [2.05, 4.69) is 29.0 Å². The highest BCUT2D eigenvalue weighted by Crippen LogP contribution is 2.36. The Hall–Kier alpha value is -4.40. The number of aromatic nitrogens is 2.